The minimum atomic E-state index is -0.915. The Morgan fingerprint density at radius 2 is 1.59 bits per heavy atom. The maximum Gasteiger partial charge on any atom is 0.248 e. The van der Waals surface area contributed by atoms with Gasteiger partial charge >= 0.3 is 0 Å². The molecule has 37 heavy (non-hydrogen) atoms. The number of nitrogens with one attached hydrogen (secondary N) is 1. The van der Waals surface area contributed by atoms with Crippen LogP contribution in [-0.2, 0) is 14.4 Å². The molecule has 3 aromatic carbocycles. The summed E-state index contributed by atoms with van der Waals surface area (Å²) in [5, 5.41) is 2.95. The van der Waals surface area contributed by atoms with Crippen molar-refractivity contribution in [2.75, 3.05) is 29.3 Å². The lowest BCUT2D eigenvalue weighted by molar-refractivity contribution is -0.126. The van der Waals surface area contributed by atoms with E-state index in [1.807, 2.05) is 47.4 Å². The van der Waals surface area contributed by atoms with Crippen LogP contribution in [0.3, 0.4) is 0 Å². The van der Waals surface area contributed by atoms with Crippen molar-refractivity contribution < 1.29 is 23.9 Å². The largest absolute Gasteiger partial charge is 0.497 e. The van der Waals surface area contributed by atoms with Gasteiger partial charge in [-0.05, 0) is 35.9 Å². The molecule has 3 heterocycles. The molecule has 3 aliphatic heterocycles. The van der Waals surface area contributed by atoms with Gasteiger partial charge in [-0.25, -0.2) is 4.90 Å². The molecule has 0 radical (unpaired) electrons. The molecule has 0 aliphatic carbocycles. The third-order valence-electron chi connectivity index (χ3n) is 7.36. The summed E-state index contributed by atoms with van der Waals surface area (Å²) in [6, 6.07) is 20.3. The molecule has 0 saturated carbocycles. The van der Waals surface area contributed by atoms with E-state index in [1.54, 1.807) is 42.5 Å². The van der Waals surface area contributed by atoms with Crippen molar-refractivity contribution in [3.05, 3.63) is 84.4 Å². The van der Waals surface area contributed by atoms with Crippen LogP contribution in [0.1, 0.15) is 5.56 Å². The highest BCUT2D eigenvalue weighted by atomic mass is 16.5. The van der Waals surface area contributed by atoms with Gasteiger partial charge in [0.15, 0.2) is 0 Å². The normalized spacial score (nSPS) is 23.4. The molecule has 2 fully saturated rings. The number of carbonyl (C=O) groups excluding carboxylic acids is 3. The van der Waals surface area contributed by atoms with E-state index in [-0.39, 0.29) is 11.8 Å². The quantitative estimate of drug-likeness (QED) is 0.543. The van der Waals surface area contributed by atoms with Crippen molar-refractivity contribution in [1.82, 2.24) is 0 Å². The zero-order chi connectivity index (χ0) is 25.7. The molecule has 4 atom stereocenters. The van der Waals surface area contributed by atoms with E-state index in [2.05, 4.69) is 5.32 Å². The summed E-state index contributed by atoms with van der Waals surface area (Å²) in [6.45, 7) is 0. The summed E-state index contributed by atoms with van der Waals surface area (Å²) < 4.78 is 10.8. The number of imide groups is 1. The highest BCUT2D eigenvalue weighted by Gasteiger charge is 2.64. The smallest absolute Gasteiger partial charge is 0.248 e. The van der Waals surface area contributed by atoms with Crippen LogP contribution in [0.25, 0.3) is 6.08 Å². The van der Waals surface area contributed by atoms with Gasteiger partial charge in [-0.1, -0.05) is 48.6 Å². The second-order valence-electron chi connectivity index (χ2n) is 9.22. The Morgan fingerprint density at radius 3 is 2.35 bits per heavy atom. The van der Waals surface area contributed by atoms with Crippen molar-refractivity contribution >= 4 is 40.9 Å². The summed E-state index contributed by atoms with van der Waals surface area (Å²) in [7, 11) is 3.05. The zero-order valence-electron chi connectivity index (χ0n) is 20.3. The summed E-state index contributed by atoms with van der Waals surface area (Å²) in [5.41, 5.74) is 2.67. The molecule has 6 rings (SSSR count). The van der Waals surface area contributed by atoms with Crippen LogP contribution in [0.2, 0.25) is 0 Å². The molecule has 186 valence electrons. The number of rotatable bonds is 5. The number of carbonyl (C=O) groups is 3. The SMILES string of the molecule is COc1ccc(OC)c(NC(=O)[C@H]2[C@H]3C(=O)N(c4ccccc4)C(=O)[C@H]3[C@@H]3C=Cc4ccccc4N32)c1. The lowest BCUT2D eigenvalue weighted by Gasteiger charge is -2.36. The molecule has 0 bridgehead atoms. The first kappa shape index (κ1) is 22.8. The lowest BCUT2D eigenvalue weighted by Crippen LogP contribution is -2.50. The predicted octanol–water partition coefficient (Wildman–Crippen LogP) is 3.73. The topological polar surface area (TPSA) is 88.2 Å². The average molecular weight is 496 g/mol. The molecule has 8 heteroatoms. The maximum atomic E-state index is 14.0. The molecule has 2 saturated heterocycles. The summed E-state index contributed by atoms with van der Waals surface area (Å²) in [6.07, 6.45) is 3.89. The van der Waals surface area contributed by atoms with Crippen LogP contribution in [0, 0.1) is 11.8 Å². The van der Waals surface area contributed by atoms with Crippen LogP contribution in [0.4, 0.5) is 17.1 Å². The first-order valence-corrected chi connectivity index (χ1v) is 12.0. The van der Waals surface area contributed by atoms with Crippen LogP contribution in [0.15, 0.2) is 78.9 Å². The van der Waals surface area contributed by atoms with Crippen molar-refractivity contribution in [1.29, 1.82) is 0 Å². The number of para-hydroxylation sites is 2. The van der Waals surface area contributed by atoms with E-state index in [0.717, 1.165) is 11.3 Å². The highest BCUT2D eigenvalue weighted by molar-refractivity contribution is 6.25. The van der Waals surface area contributed by atoms with Gasteiger partial charge in [0, 0.05) is 11.8 Å². The van der Waals surface area contributed by atoms with Gasteiger partial charge in [-0.3, -0.25) is 14.4 Å². The number of anilines is 3. The van der Waals surface area contributed by atoms with Gasteiger partial charge in [-0.2, -0.15) is 0 Å². The minimum absolute atomic E-state index is 0.297. The molecule has 0 unspecified atom stereocenters. The first-order valence-electron chi connectivity index (χ1n) is 12.0. The van der Waals surface area contributed by atoms with Crippen LogP contribution in [-0.4, -0.2) is 44.0 Å². The fraction of sp³-hybridized carbons (Fsp3) is 0.207. The molecular formula is C29H25N3O5. The number of methoxy groups -OCH3 is 2. The molecule has 3 aliphatic rings. The third kappa shape index (κ3) is 3.48. The Hall–Kier alpha value is -4.59. The molecule has 3 aromatic rings. The van der Waals surface area contributed by atoms with Gasteiger partial charge in [0.1, 0.15) is 17.5 Å². The predicted molar refractivity (Wildman–Crippen MR) is 140 cm³/mol. The number of hydrogen-bond donors (Lipinski definition) is 1. The Balaban J connectivity index is 1.44. The van der Waals surface area contributed by atoms with E-state index < -0.39 is 29.8 Å². The average Bonchev–Trinajstić information content (AvgIpc) is 3.41. The number of amides is 3. The fourth-order valence-corrected chi connectivity index (χ4v) is 5.76. The lowest BCUT2D eigenvalue weighted by atomic mass is 9.88. The number of ether oxygens (including phenoxy) is 2. The van der Waals surface area contributed by atoms with E-state index in [4.69, 9.17) is 9.47 Å². The van der Waals surface area contributed by atoms with Gasteiger partial charge in [0.25, 0.3) is 0 Å². The zero-order valence-corrected chi connectivity index (χ0v) is 20.3. The minimum Gasteiger partial charge on any atom is -0.497 e. The van der Waals surface area contributed by atoms with Crippen molar-refractivity contribution in [3.63, 3.8) is 0 Å². The molecule has 0 spiro atoms. The highest BCUT2D eigenvalue weighted by Crippen LogP contribution is 2.49. The second-order valence-corrected chi connectivity index (χ2v) is 9.22. The molecule has 1 N–H and O–H groups in total. The van der Waals surface area contributed by atoms with E-state index >= 15 is 0 Å². The third-order valence-corrected chi connectivity index (χ3v) is 7.36. The summed E-state index contributed by atoms with van der Waals surface area (Å²) in [5.74, 6) is -1.62. The number of hydrogen-bond acceptors (Lipinski definition) is 6. The standard InChI is InChI=1S/C29H25N3O5/c1-36-19-13-15-23(37-2)20(16-19)30-27(33)26-25-24(22-14-12-17-8-6-7-11-21(17)32(22)26)28(34)31(29(25)35)18-9-4-3-5-10-18/h3-16,22,24-26H,1-2H3,(H,30,33)/t22-,24-,25-,26+/m0/s1. The monoisotopic (exact) mass is 495 g/mol. The van der Waals surface area contributed by atoms with Crippen molar-refractivity contribution in [3.8, 4) is 11.5 Å². The first-order chi connectivity index (χ1) is 18.0. The van der Waals surface area contributed by atoms with Gasteiger partial charge in [-0.15, -0.1) is 0 Å². The molecule has 3 amide bonds. The van der Waals surface area contributed by atoms with E-state index in [9.17, 15) is 14.4 Å². The van der Waals surface area contributed by atoms with E-state index in [0.29, 0.717) is 22.9 Å². The molecular weight excluding hydrogens is 470 g/mol. The van der Waals surface area contributed by atoms with Crippen molar-refractivity contribution in [2.45, 2.75) is 12.1 Å². The fourth-order valence-electron chi connectivity index (χ4n) is 5.76. The summed E-state index contributed by atoms with van der Waals surface area (Å²) in [4.78, 5) is 44.8. The number of fused-ring (bicyclic) bond motifs is 5. The van der Waals surface area contributed by atoms with Gasteiger partial charge in [0.05, 0.1) is 43.5 Å². The van der Waals surface area contributed by atoms with Crippen LogP contribution < -0.4 is 24.6 Å². The van der Waals surface area contributed by atoms with Crippen LogP contribution in [0.5, 0.6) is 11.5 Å². The molecule has 0 aromatic heterocycles. The second kappa shape index (κ2) is 8.81. The Morgan fingerprint density at radius 1 is 0.865 bits per heavy atom. The van der Waals surface area contributed by atoms with Crippen LogP contribution >= 0.6 is 0 Å². The van der Waals surface area contributed by atoms with E-state index in [1.165, 1.54) is 19.1 Å². The van der Waals surface area contributed by atoms with Gasteiger partial charge < -0.3 is 19.7 Å². The van der Waals surface area contributed by atoms with Gasteiger partial charge in [0.2, 0.25) is 17.7 Å². The number of nitrogens with zero attached hydrogens (tertiary/aromatic N) is 2. The summed E-state index contributed by atoms with van der Waals surface area (Å²) >= 11 is 0. The molecule has 8 nitrogen and oxygen atoms in total. The Bertz CT molecular complexity index is 1440. The van der Waals surface area contributed by atoms with Crippen molar-refractivity contribution in [2.24, 2.45) is 11.8 Å². The Kier molecular flexibility index (Phi) is 5.44. The number of benzene rings is 3. The Labute approximate surface area is 214 Å². The maximum absolute atomic E-state index is 14.0.